The van der Waals surface area contributed by atoms with Crippen molar-refractivity contribution in [2.24, 2.45) is 0 Å². The molecule has 2 aromatic rings. The number of aryl methyl sites for hydroxylation is 1. The van der Waals surface area contributed by atoms with Crippen LogP contribution in [0.2, 0.25) is 0 Å². The number of pyridine rings is 1. The lowest BCUT2D eigenvalue weighted by molar-refractivity contribution is -0.139. The van der Waals surface area contributed by atoms with Crippen LogP contribution in [0.1, 0.15) is 22.5 Å². The number of carboxylic acids is 1. The second kappa shape index (κ2) is 6.62. The van der Waals surface area contributed by atoms with E-state index < -0.39 is 17.9 Å². The lowest BCUT2D eigenvalue weighted by Gasteiger charge is -2.12. The number of imidazole rings is 1. The summed E-state index contributed by atoms with van der Waals surface area (Å²) < 4.78 is 1.75. The van der Waals surface area contributed by atoms with Crippen LogP contribution in [-0.2, 0) is 4.79 Å². The van der Waals surface area contributed by atoms with Crippen molar-refractivity contribution < 1.29 is 14.7 Å². The Morgan fingerprint density at radius 3 is 2.90 bits per heavy atom. The maximum absolute atomic E-state index is 12.1. The van der Waals surface area contributed by atoms with Gasteiger partial charge in [-0.15, -0.1) is 0 Å². The summed E-state index contributed by atoms with van der Waals surface area (Å²) >= 11 is 1.54. The molecule has 0 saturated carbocycles. The van der Waals surface area contributed by atoms with Crippen molar-refractivity contribution in [3.05, 3.63) is 35.8 Å². The molecule has 7 heteroatoms. The third-order valence-corrected chi connectivity index (χ3v) is 3.77. The van der Waals surface area contributed by atoms with Crippen LogP contribution in [0.25, 0.3) is 5.65 Å². The maximum Gasteiger partial charge on any atom is 0.326 e. The predicted molar refractivity (Wildman–Crippen MR) is 81.8 cm³/mol. The van der Waals surface area contributed by atoms with Gasteiger partial charge in [-0.2, -0.15) is 11.8 Å². The number of aromatic nitrogens is 2. The number of fused-ring (bicyclic) bond motifs is 1. The molecule has 2 aromatic heterocycles. The molecule has 1 amide bonds. The Bertz CT molecular complexity index is 669. The van der Waals surface area contributed by atoms with Crippen molar-refractivity contribution in [3.8, 4) is 0 Å². The van der Waals surface area contributed by atoms with E-state index in [1.165, 1.54) is 0 Å². The third-order valence-electron chi connectivity index (χ3n) is 3.12. The van der Waals surface area contributed by atoms with E-state index in [1.807, 2.05) is 25.3 Å². The van der Waals surface area contributed by atoms with Gasteiger partial charge >= 0.3 is 5.97 Å². The van der Waals surface area contributed by atoms with Gasteiger partial charge in [-0.3, -0.25) is 4.79 Å². The van der Waals surface area contributed by atoms with Gasteiger partial charge in [-0.25, -0.2) is 9.78 Å². The molecule has 1 unspecified atom stereocenters. The highest BCUT2D eigenvalue weighted by molar-refractivity contribution is 7.98. The highest BCUT2D eigenvalue weighted by atomic mass is 32.2. The molecule has 0 aliphatic carbocycles. The minimum Gasteiger partial charge on any atom is -0.480 e. The summed E-state index contributed by atoms with van der Waals surface area (Å²) in [5, 5.41) is 11.7. The number of rotatable bonds is 6. The number of nitrogens with one attached hydrogen (secondary N) is 1. The fourth-order valence-corrected chi connectivity index (χ4v) is 2.46. The molecular weight excluding hydrogens is 290 g/mol. The van der Waals surface area contributed by atoms with E-state index in [2.05, 4.69) is 10.3 Å². The van der Waals surface area contributed by atoms with Crippen molar-refractivity contribution in [1.82, 2.24) is 14.7 Å². The zero-order valence-electron chi connectivity index (χ0n) is 11.9. The summed E-state index contributed by atoms with van der Waals surface area (Å²) in [6, 6.07) is 2.88. The minimum absolute atomic E-state index is 0.222. The van der Waals surface area contributed by atoms with Crippen molar-refractivity contribution >= 4 is 29.3 Å². The molecule has 0 aliphatic heterocycles. The van der Waals surface area contributed by atoms with Crippen molar-refractivity contribution in [2.45, 2.75) is 19.4 Å². The zero-order valence-corrected chi connectivity index (χ0v) is 12.7. The monoisotopic (exact) mass is 307 g/mol. The number of carboxylic acid groups (broad SMARTS) is 1. The first-order valence-electron chi connectivity index (χ1n) is 6.50. The molecule has 1 atom stereocenters. The van der Waals surface area contributed by atoms with E-state index in [9.17, 15) is 9.59 Å². The maximum atomic E-state index is 12.1. The van der Waals surface area contributed by atoms with Crippen LogP contribution in [0, 0.1) is 6.92 Å². The number of carbonyl (C=O) groups excluding carboxylic acids is 1. The number of carbonyl (C=O) groups is 2. The molecule has 0 aromatic carbocycles. The molecule has 0 spiro atoms. The van der Waals surface area contributed by atoms with Gasteiger partial charge in [0.1, 0.15) is 17.4 Å². The lowest BCUT2D eigenvalue weighted by atomic mass is 10.2. The van der Waals surface area contributed by atoms with Gasteiger partial charge < -0.3 is 14.8 Å². The van der Waals surface area contributed by atoms with Crippen LogP contribution < -0.4 is 5.32 Å². The van der Waals surface area contributed by atoms with Crippen LogP contribution in [0.4, 0.5) is 0 Å². The van der Waals surface area contributed by atoms with E-state index in [0.717, 1.165) is 5.56 Å². The number of aliphatic carboxylic acids is 1. The average molecular weight is 307 g/mol. The first-order chi connectivity index (χ1) is 10.0. The van der Waals surface area contributed by atoms with Gasteiger partial charge in [0, 0.05) is 12.4 Å². The summed E-state index contributed by atoms with van der Waals surface area (Å²) in [6.45, 7) is 1.91. The Morgan fingerprint density at radius 1 is 1.52 bits per heavy atom. The van der Waals surface area contributed by atoms with Gasteiger partial charge in [-0.05, 0) is 37.0 Å². The molecule has 0 fully saturated rings. The number of thioether (sulfide) groups is 1. The lowest BCUT2D eigenvalue weighted by Crippen LogP contribution is -2.41. The van der Waals surface area contributed by atoms with E-state index in [1.54, 1.807) is 28.6 Å². The normalized spacial score (nSPS) is 12.3. The smallest absolute Gasteiger partial charge is 0.326 e. The summed E-state index contributed by atoms with van der Waals surface area (Å²) in [4.78, 5) is 27.6. The Kier molecular flexibility index (Phi) is 4.85. The number of hydrogen-bond donors (Lipinski definition) is 2. The van der Waals surface area contributed by atoms with E-state index >= 15 is 0 Å². The summed E-state index contributed by atoms with van der Waals surface area (Å²) in [7, 11) is 0. The Hall–Kier alpha value is -2.02. The number of nitrogens with zero attached hydrogens (tertiary/aromatic N) is 2. The standard InChI is InChI=1S/C14H17N3O3S/c1-9-4-3-6-17-8-11(15-12(9)17)13(18)16-10(14(19)20)5-7-21-2/h3-4,6,8,10H,5,7H2,1-2H3,(H,16,18)(H,19,20). The van der Waals surface area contributed by atoms with E-state index in [-0.39, 0.29) is 5.69 Å². The second-order valence-corrected chi connectivity index (χ2v) is 5.68. The zero-order chi connectivity index (χ0) is 15.4. The Balaban J connectivity index is 2.17. The molecule has 0 aliphatic rings. The van der Waals surface area contributed by atoms with Crippen LogP contribution in [0.3, 0.4) is 0 Å². The first-order valence-corrected chi connectivity index (χ1v) is 7.89. The first kappa shape index (κ1) is 15.4. The topological polar surface area (TPSA) is 83.7 Å². The highest BCUT2D eigenvalue weighted by Crippen LogP contribution is 2.10. The summed E-state index contributed by atoms with van der Waals surface area (Å²) in [6.07, 6.45) is 5.68. The third kappa shape index (κ3) is 3.55. The molecule has 2 heterocycles. The Morgan fingerprint density at radius 2 is 2.29 bits per heavy atom. The van der Waals surface area contributed by atoms with Crippen LogP contribution in [0.15, 0.2) is 24.5 Å². The quantitative estimate of drug-likeness (QED) is 0.846. The van der Waals surface area contributed by atoms with Gasteiger partial charge in [0.2, 0.25) is 0 Å². The summed E-state index contributed by atoms with van der Waals surface area (Å²) in [5.41, 5.74) is 1.87. The molecule has 0 radical (unpaired) electrons. The number of hydrogen-bond acceptors (Lipinski definition) is 4. The summed E-state index contributed by atoms with van der Waals surface area (Å²) in [5.74, 6) is -0.828. The minimum atomic E-state index is -1.03. The van der Waals surface area contributed by atoms with Crippen LogP contribution >= 0.6 is 11.8 Å². The average Bonchev–Trinajstić information content (AvgIpc) is 2.88. The van der Waals surface area contributed by atoms with Crippen LogP contribution in [-0.4, -0.2) is 44.4 Å². The van der Waals surface area contributed by atoms with E-state index in [4.69, 9.17) is 5.11 Å². The second-order valence-electron chi connectivity index (χ2n) is 4.69. The van der Waals surface area contributed by atoms with E-state index in [0.29, 0.717) is 17.8 Å². The molecule has 2 rings (SSSR count). The van der Waals surface area contributed by atoms with Gasteiger partial charge in [0.05, 0.1) is 0 Å². The van der Waals surface area contributed by atoms with Crippen molar-refractivity contribution in [1.29, 1.82) is 0 Å². The molecule has 0 bridgehead atoms. The van der Waals surface area contributed by atoms with Gasteiger partial charge in [0.25, 0.3) is 5.91 Å². The van der Waals surface area contributed by atoms with Gasteiger partial charge in [0.15, 0.2) is 0 Å². The molecule has 2 N–H and O–H groups in total. The highest BCUT2D eigenvalue weighted by Gasteiger charge is 2.21. The molecule has 112 valence electrons. The Labute approximate surface area is 126 Å². The fraction of sp³-hybridized carbons (Fsp3) is 0.357. The van der Waals surface area contributed by atoms with Gasteiger partial charge in [-0.1, -0.05) is 6.07 Å². The molecule has 6 nitrogen and oxygen atoms in total. The predicted octanol–water partition coefficient (Wildman–Crippen LogP) is 1.58. The number of amides is 1. The largest absolute Gasteiger partial charge is 0.480 e. The van der Waals surface area contributed by atoms with Crippen LogP contribution in [0.5, 0.6) is 0 Å². The SMILES string of the molecule is CSCCC(NC(=O)c1cn2cccc(C)c2n1)C(=O)O. The molecule has 21 heavy (non-hydrogen) atoms. The molecular formula is C14H17N3O3S. The molecule has 0 saturated heterocycles. The fourth-order valence-electron chi connectivity index (χ4n) is 1.99. The van der Waals surface area contributed by atoms with Crippen molar-refractivity contribution in [2.75, 3.05) is 12.0 Å². The van der Waals surface area contributed by atoms with Crippen molar-refractivity contribution in [3.63, 3.8) is 0 Å².